The lowest BCUT2D eigenvalue weighted by Crippen LogP contribution is -2.28. The predicted octanol–water partition coefficient (Wildman–Crippen LogP) is 2.39. The largest absolute Gasteiger partial charge is 0.365 e. The topological polar surface area (TPSA) is 87.2 Å². The summed E-state index contributed by atoms with van der Waals surface area (Å²) in [5.41, 5.74) is 0.580. The summed E-state index contributed by atoms with van der Waals surface area (Å²) in [4.78, 5) is 23.0. The number of carbonyl (C=O) groups is 1. The summed E-state index contributed by atoms with van der Waals surface area (Å²) in [5.74, 6) is -0.231. The smallest absolute Gasteiger partial charge is 0.293 e. The number of rotatable bonds is 6. The van der Waals surface area contributed by atoms with Gasteiger partial charge in [-0.3, -0.25) is 14.9 Å². The number of benzene rings is 1. The molecule has 0 radical (unpaired) electrons. The van der Waals surface area contributed by atoms with Crippen LogP contribution in [0.3, 0.4) is 0 Å². The maximum atomic E-state index is 11.1. The molecule has 0 bridgehead atoms. The summed E-state index contributed by atoms with van der Waals surface area (Å²) in [7, 11) is 0. The van der Waals surface area contributed by atoms with E-state index in [9.17, 15) is 14.9 Å². The molecule has 0 fully saturated rings. The van der Waals surface area contributed by atoms with Gasteiger partial charge in [0.05, 0.1) is 16.9 Å². The molecule has 0 aliphatic carbocycles. The Kier molecular flexibility index (Phi) is 5.01. The molecule has 0 aliphatic rings. The van der Waals surface area contributed by atoms with Crippen molar-refractivity contribution in [2.45, 2.75) is 13.8 Å². The molecule has 100 valence electrons. The second-order valence-electron chi connectivity index (χ2n) is 4.19. The van der Waals surface area contributed by atoms with Crippen molar-refractivity contribution >= 4 is 17.7 Å². The fourth-order valence-corrected chi connectivity index (χ4v) is 1.80. The highest BCUT2D eigenvalue weighted by Gasteiger charge is 2.20. The summed E-state index contributed by atoms with van der Waals surface area (Å²) < 4.78 is 0. The van der Waals surface area contributed by atoms with E-state index in [1.54, 1.807) is 17.9 Å². The van der Waals surface area contributed by atoms with Crippen LogP contribution < -0.4 is 4.90 Å². The van der Waals surface area contributed by atoms with Crippen molar-refractivity contribution in [3.8, 4) is 6.07 Å². The summed E-state index contributed by atoms with van der Waals surface area (Å²) in [5, 5.41) is 19.9. The van der Waals surface area contributed by atoms with Crippen molar-refractivity contribution in [1.29, 1.82) is 5.26 Å². The first-order valence-corrected chi connectivity index (χ1v) is 5.91. The van der Waals surface area contributed by atoms with Crippen LogP contribution in [0.4, 0.5) is 11.4 Å². The van der Waals surface area contributed by atoms with E-state index in [1.807, 2.05) is 6.92 Å². The number of anilines is 1. The van der Waals surface area contributed by atoms with Gasteiger partial charge in [0, 0.05) is 24.7 Å². The number of aldehydes is 1. The number of carbonyl (C=O) groups excluding carboxylic acids is 1. The SMILES string of the molecule is CCN(CC(C)C#N)c1ccc(C=O)cc1[N+](=O)[O-]. The van der Waals surface area contributed by atoms with Crippen molar-refractivity contribution in [3.05, 3.63) is 33.9 Å². The number of nitro benzene ring substituents is 1. The Morgan fingerprint density at radius 3 is 2.74 bits per heavy atom. The number of hydrogen-bond acceptors (Lipinski definition) is 5. The third-order valence-electron chi connectivity index (χ3n) is 2.77. The fourth-order valence-electron chi connectivity index (χ4n) is 1.80. The lowest BCUT2D eigenvalue weighted by molar-refractivity contribution is -0.384. The number of nitriles is 1. The molecular formula is C13H15N3O3. The van der Waals surface area contributed by atoms with Gasteiger partial charge in [-0.1, -0.05) is 0 Å². The molecule has 0 saturated heterocycles. The maximum absolute atomic E-state index is 11.1. The molecular weight excluding hydrogens is 246 g/mol. The van der Waals surface area contributed by atoms with Crippen LogP contribution in [0.15, 0.2) is 18.2 Å². The monoisotopic (exact) mass is 261 g/mol. The summed E-state index contributed by atoms with van der Waals surface area (Å²) in [6.45, 7) is 4.58. The van der Waals surface area contributed by atoms with Gasteiger partial charge in [0.25, 0.3) is 5.69 Å². The molecule has 0 heterocycles. The van der Waals surface area contributed by atoms with Crippen molar-refractivity contribution < 1.29 is 9.72 Å². The van der Waals surface area contributed by atoms with Crippen molar-refractivity contribution in [1.82, 2.24) is 0 Å². The molecule has 6 heteroatoms. The third-order valence-corrected chi connectivity index (χ3v) is 2.77. The average molecular weight is 261 g/mol. The van der Waals surface area contributed by atoms with E-state index in [-0.39, 0.29) is 17.2 Å². The van der Waals surface area contributed by atoms with Gasteiger partial charge in [0.15, 0.2) is 0 Å². The maximum Gasteiger partial charge on any atom is 0.293 e. The van der Waals surface area contributed by atoms with Crippen LogP contribution in [-0.2, 0) is 0 Å². The van der Waals surface area contributed by atoms with Gasteiger partial charge in [0.2, 0.25) is 0 Å². The first-order chi connectivity index (χ1) is 9.03. The van der Waals surface area contributed by atoms with Crippen LogP contribution in [0.25, 0.3) is 0 Å². The summed E-state index contributed by atoms with van der Waals surface area (Å²) >= 11 is 0. The Morgan fingerprint density at radius 2 is 2.26 bits per heavy atom. The van der Waals surface area contributed by atoms with Crippen LogP contribution in [0.5, 0.6) is 0 Å². The second kappa shape index (κ2) is 6.50. The van der Waals surface area contributed by atoms with Gasteiger partial charge in [-0.25, -0.2) is 0 Å². The van der Waals surface area contributed by atoms with E-state index in [2.05, 4.69) is 6.07 Å². The van der Waals surface area contributed by atoms with Crippen LogP contribution in [0.2, 0.25) is 0 Å². The van der Waals surface area contributed by atoms with E-state index in [0.29, 0.717) is 25.1 Å². The van der Waals surface area contributed by atoms with E-state index in [4.69, 9.17) is 5.26 Å². The van der Waals surface area contributed by atoms with Gasteiger partial charge in [-0.15, -0.1) is 0 Å². The van der Waals surface area contributed by atoms with Crippen LogP contribution >= 0.6 is 0 Å². The quantitative estimate of drug-likeness (QED) is 0.445. The van der Waals surface area contributed by atoms with Gasteiger partial charge >= 0.3 is 0 Å². The molecule has 0 aromatic heterocycles. The van der Waals surface area contributed by atoms with Crippen molar-refractivity contribution in [2.24, 2.45) is 5.92 Å². The van der Waals surface area contributed by atoms with Gasteiger partial charge in [-0.05, 0) is 26.0 Å². The molecule has 6 nitrogen and oxygen atoms in total. The average Bonchev–Trinajstić information content (AvgIpc) is 2.43. The van der Waals surface area contributed by atoms with Gasteiger partial charge in [0.1, 0.15) is 12.0 Å². The number of nitrogens with zero attached hydrogens (tertiary/aromatic N) is 3. The standard InChI is InChI=1S/C13H15N3O3/c1-3-15(8-10(2)7-14)12-5-4-11(9-17)6-13(12)16(18)19/h4-6,9-10H,3,8H2,1-2H3. The Hall–Kier alpha value is -2.42. The zero-order valence-corrected chi connectivity index (χ0v) is 10.9. The second-order valence-corrected chi connectivity index (χ2v) is 4.19. The van der Waals surface area contributed by atoms with E-state index in [0.717, 1.165) is 0 Å². The molecule has 0 spiro atoms. The van der Waals surface area contributed by atoms with Crippen molar-refractivity contribution in [3.63, 3.8) is 0 Å². The Morgan fingerprint density at radius 1 is 1.58 bits per heavy atom. The Labute approximate surface area is 111 Å². The molecule has 1 rings (SSSR count). The molecule has 1 aromatic carbocycles. The first kappa shape index (κ1) is 14.6. The molecule has 0 aliphatic heterocycles. The highest BCUT2D eigenvalue weighted by atomic mass is 16.6. The summed E-state index contributed by atoms with van der Waals surface area (Å²) in [6, 6.07) is 6.44. The number of nitro groups is 1. The molecule has 19 heavy (non-hydrogen) atoms. The van der Waals surface area contributed by atoms with Crippen LogP contribution in [0.1, 0.15) is 24.2 Å². The highest BCUT2D eigenvalue weighted by Crippen LogP contribution is 2.29. The van der Waals surface area contributed by atoms with E-state index >= 15 is 0 Å². The van der Waals surface area contributed by atoms with Gasteiger partial charge in [-0.2, -0.15) is 5.26 Å². The van der Waals surface area contributed by atoms with Gasteiger partial charge < -0.3 is 4.90 Å². The normalized spacial score (nSPS) is 11.4. The van der Waals surface area contributed by atoms with E-state index < -0.39 is 4.92 Å². The minimum absolute atomic E-state index is 0.114. The molecule has 0 N–H and O–H groups in total. The molecule has 0 amide bonds. The zero-order chi connectivity index (χ0) is 14.4. The minimum Gasteiger partial charge on any atom is -0.365 e. The molecule has 1 unspecified atom stereocenters. The van der Waals surface area contributed by atoms with Crippen molar-refractivity contribution in [2.75, 3.05) is 18.0 Å². The van der Waals surface area contributed by atoms with Crippen LogP contribution in [-0.4, -0.2) is 24.3 Å². The number of hydrogen-bond donors (Lipinski definition) is 0. The lowest BCUT2D eigenvalue weighted by atomic mass is 10.1. The summed E-state index contributed by atoms with van der Waals surface area (Å²) in [6.07, 6.45) is 0.574. The lowest BCUT2D eigenvalue weighted by Gasteiger charge is -2.23. The molecule has 1 atom stereocenters. The first-order valence-electron chi connectivity index (χ1n) is 5.91. The zero-order valence-electron chi connectivity index (χ0n) is 10.9. The minimum atomic E-state index is -0.512. The third kappa shape index (κ3) is 3.52. The molecule has 1 aromatic rings. The molecule has 0 saturated carbocycles. The fraction of sp³-hybridized carbons (Fsp3) is 0.385. The van der Waals surface area contributed by atoms with Crippen LogP contribution in [0, 0.1) is 27.4 Å². The highest BCUT2D eigenvalue weighted by molar-refractivity contribution is 5.79. The Balaban J connectivity index is 3.19. The van der Waals surface area contributed by atoms with E-state index in [1.165, 1.54) is 12.1 Å². The Bertz CT molecular complexity index is 522. The predicted molar refractivity (Wildman–Crippen MR) is 71.1 cm³/mol.